The Balaban J connectivity index is 1.81. The van der Waals surface area contributed by atoms with Crippen LogP contribution in [0.4, 0.5) is 5.69 Å². The molecule has 178 valence electrons. The molecule has 0 radical (unpaired) electrons. The lowest BCUT2D eigenvalue weighted by molar-refractivity contribution is 0.261. The Morgan fingerprint density at radius 2 is 1.70 bits per heavy atom. The molecule has 1 aromatic carbocycles. The van der Waals surface area contributed by atoms with Gasteiger partial charge in [-0.15, -0.1) is 0 Å². The first-order chi connectivity index (χ1) is 15.7. The highest BCUT2D eigenvalue weighted by molar-refractivity contribution is 9.11. The molecule has 0 spiro atoms. The van der Waals surface area contributed by atoms with Gasteiger partial charge in [0.2, 0.25) is 0 Å². The van der Waals surface area contributed by atoms with Gasteiger partial charge in [0.1, 0.15) is 5.65 Å². The van der Waals surface area contributed by atoms with E-state index in [2.05, 4.69) is 94.1 Å². The molecule has 0 saturated carbocycles. The summed E-state index contributed by atoms with van der Waals surface area (Å²) < 4.78 is 4.47. The molecule has 1 aliphatic heterocycles. The van der Waals surface area contributed by atoms with Crippen molar-refractivity contribution < 1.29 is 5.11 Å². The third-order valence-electron chi connectivity index (χ3n) is 7.23. The standard InChI is InChI=1S/C27H35Br2N3O/c1-16(2)21-14-22(28)26(23(29)15-21)32-19(5)18(4)25-24(13-17(3)30-27(25)32)31-10-8-20(9-11-31)7-6-12-33/h13-16,20,33H,6-12H2,1-5H3. The maximum atomic E-state index is 9.18. The number of aliphatic hydroxyl groups is 1. The van der Waals surface area contributed by atoms with Crippen molar-refractivity contribution in [2.75, 3.05) is 24.6 Å². The number of hydrogen-bond donors (Lipinski definition) is 1. The van der Waals surface area contributed by atoms with Crippen LogP contribution in [0.3, 0.4) is 0 Å². The molecule has 3 heterocycles. The molecule has 1 aliphatic rings. The van der Waals surface area contributed by atoms with Crippen LogP contribution in [0, 0.1) is 26.7 Å². The minimum Gasteiger partial charge on any atom is -0.396 e. The fourth-order valence-corrected chi connectivity index (χ4v) is 6.74. The third-order valence-corrected chi connectivity index (χ3v) is 8.44. The molecule has 0 amide bonds. The second-order valence-electron chi connectivity index (χ2n) is 9.81. The predicted octanol–water partition coefficient (Wildman–Crippen LogP) is 7.59. The molecule has 4 rings (SSSR count). The van der Waals surface area contributed by atoms with E-state index >= 15 is 0 Å². The van der Waals surface area contributed by atoms with E-state index in [1.165, 1.54) is 40.7 Å². The zero-order chi connectivity index (χ0) is 23.9. The van der Waals surface area contributed by atoms with Gasteiger partial charge in [0.05, 0.1) is 5.69 Å². The highest BCUT2D eigenvalue weighted by Gasteiger charge is 2.26. The molecule has 0 atom stereocenters. The number of piperidine rings is 1. The summed E-state index contributed by atoms with van der Waals surface area (Å²) in [4.78, 5) is 7.60. The van der Waals surface area contributed by atoms with Crippen LogP contribution >= 0.6 is 31.9 Å². The number of fused-ring (bicyclic) bond motifs is 1. The molecule has 0 aliphatic carbocycles. The maximum absolute atomic E-state index is 9.18. The number of anilines is 1. The van der Waals surface area contributed by atoms with Gasteiger partial charge in [-0.05, 0) is 119 Å². The molecular formula is C27H35Br2N3O. The second-order valence-corrected chi connectivity index (χ2v) is 11.5. The van der Waals surface area contributed by atoms with Gasteiger partial charge >= 0.3 is 0 Å². The van der Waals surface area contributed by atoms with Crippen LogP contribution in [0.15, 0.2) is 27.1 Å². The van der Waals surface area contributed by atoms with Crippen LogP contribution in [0.25, 0.3) is 16.7 Å². The Bertz CT molecular complexity index is 1140. The van der Waals surface area contributed by atoms with Crippen LogP contribution in [0.5, 0.6) is 0 Å². The third kappa shape index (κ3) is 4.76. The second kappa shape index (κ2) is 10.1. The van der Waals surface area contributed by atoms with Crippen LogP contribution < -0.4 is 4.90 Å². The molecule has 0 unspecified atom stereocenters. The van der Waals surface area contributed by atoms with Gasteiger partial charge in [0, 0.05) is 51.1 Å². The Labute approximate surface area is 214 Å². The fraction of sp³-hybridized carbons (Fsp3) is 0.519. The lowest BCUT2D eigenvalue weighted by Crippen LogP contribution is -2.34. The Kier molecular flexibility index (Phi) is 7.56. The average molecular weight is 577 g/mol. The van der Waals surface area contributed by atoms with E-state index in [-0.39, 0.29) is 0 Å². The summed E-state index contributed by atoms with van der Waals surface area (Å²) in [5, 5.41) is 10.4. The number of rotatable bonds is 6. The van der Waals surface area contributed by atoms with E-state index in [9.17, 15) is 5.11 Å². The highest BCUT2D eigenvalue weighted by atomic mass is 79.9. The van der Waals surface area contributed by atoms with Crippen molar-refractivity contribution in [1.82, 2.24) is 9.55 Å². The summed E-state index contributed by atoms with van der Waals surface area (Å²) in [5.74, 6) is 1.19. The summed E-state index contributed by atoms with van der Waals surface area (Å²) in [6.45, 7) is 13.4. The molecule has 1 fully saturated rings. The van der Waals surface area contributed by atoms with Crippen LogP contribution in [0.1, 0.15) is 68.0 Å². The predicted molar refractivity (Wildman–Crippen MR) is 146 cm³/mol. The number of aryl methyl sites for hydroxylation is 2. The summed E-state index contributed by atoms with van der Waals surface area (Å²) in [5.41, 5.74) is 8.32. The first-order valence-electron chi connectivity index (χ1n) is 12.1. The number of hydrogen-bond acceptors (Lipinski definition) is 3. The molecule has 4 nitrogen and oxygen atoms in total. The molecule has 1 N–H and O–H groups in total. The highest BCUT2D eigenvalue weighted by Crippen LogP contribution is 2.41. The van der Waals surface area contributed by atoms with Crippen molar-refractivity contribution in [3.8, 4) is 5.69 Å². The minimum atomic E-state index is 0.305. The van der Waals surface area contributed by atoms with E-state index in [4.69, 9.17) is 4.98 Å². The van der Waals surface area contributed by atoms with E-state index < -0.39 is 0 Å². The molecule has 33 heavy (non-hydrogen) atoms. The smallest absolute Gasteiger partial charge is 0.147 e. The van der Waals surface area contributed by atoms with Crippen molar-refractivity contribution in [2.45, 2.75) is 66.2 Å². The largest absolute Gasteiger partial charge is 0.396 e. The number of halogens is 2. The summed E-state index contributed by atoms with van der Waals surface area (Å²) >= 11 is 7.73. The van der Waals surface area contributed by atoms with Crippen molar-refractivity contribution in [3.05, 3.63) is 49.7 Å². The van der Waals surface area contributed by atoms with Gasteiger partial charge in [-0.3, -0.25) is 4.57 Å². The molecule has 6 heteroatoms. The lowest BCUT2D eigenvalue weighted by atomic mass is 9.92. The number of nitrogens with zero attached hydrogens (tertiary/aromatic N) is 3. The Hall–Kier alpha value is -1.37. The lowest BCUT2D eigenvalue weighted by Gasteiger charge is -2.34. The molecule has 2 aromatic heterocycles. The van der Waals surface area contributed by atoms with Crippen molar-refractivity contribution in [3.63, 3.8) is 0 Å². The topological polar surface area (TPSA) is 41.3 Å². The van der Waals surface area contributed by atoms with E-state index in [0.717, 1.165) is 57.8 Å². The normalized spacial score (nSPS) is 15.2. The first kappa shape index (κ1) is 24.7. The van der Waals surface area contributed by atoms with Gasteiger partial charge in [-0.25, -0.2) is 4.98 Å². The molecule has 0 bridgehead atoms. The first-order valence-corrected chi connectivity index (χ1v) is 13.7. The Morgan fingerprint density at radius 1 is 1.06 bits per heavy atom. The Morgan fingerprint density at radius 3 is 2.27 bits per heavy atom. The summed E-state index contributed by atoms with van der Waals surface area (Å²) in [6.07, 6.45) is 4.44. The minimum absolute atomic E-state index is 0.305. The quantitative estimate of drug-likeness (QED) is 0.328. The zero-order valence-corrected chi connectivity index (χ0v) is 23.6. The average Bonchev–Trinajstić information content (AvgIpc) is 3.02. The number of aromatic nitrogens is 2. The molecule has 3 aromatic rings. The van der Waals surface area contributed by atoms with Gasteiger partial charge in [-0.1, -0.05) is 13.8 Å². The van der Waals surface area contributed by atoms with E-state index in [1.54, 1.807) is 0 Å². The van der Waals surface area contributed by atoms with Gasteiger partial charge in [0.25, 0.3) is 0 Å². The van der Waals surface area contributed by atoms with Crippen LogP contribution in [0.2, 0.25) is 0 Å². The van der Waals surface area contributed by atoms with Gasteiger partial charge in [-0.2, -0.15) is 0 Å². The fourth-order valence-electron chi connectivity index (χ4n) is 5.17. The van der Waals surface area contributed by atoms with E-state index in [0.29, 0.717) is 12.5 Å². The van der Waals surface area contributed by atoms with Gasteiger partial charge in [0.15, 0.2) is 0 Å². The monoisotopic (exact) mass is 575 g/mol. The number of aliphatic hydroxyl groups excluding tert-OH is 1. The molecular weight excluding hydrogens is 542 g/mol. The van der Waals surface area contributed by atoms with Crippen LogP contribution in [-0.4, -0.2) is 34.4 Å². The van der Waals surface area contributed by atoms with E-state index in [1.807, 2.05) is 0 Å². The van der Waals surface area contributed by atoms with Crippen molar-refractivity contribution in [2.24, 2.45) is 5.92 Å². The summed E-state index contributed by atoms with van der Waals surface area (Å²) in [6, 6.07) is 6.73. The number of benzene rings is 1. The van der Waals surface area contributed by atoms with Crippen molar-refractivity contribution >= 4 is 48.6 Å². The summed E-state index contributed by atoms with van der Waals surface area (Å²) in [7, 11) is 0. The van der Waals surface area contributed by atoms with Crippen molar-refractivity contribution in [1.29, 1.82) is 0 Å². The zero-order valence-electron chi connectivity index (χ0n) is 20.4. The maximum Gasteiger partial charge on any atom is 0.147 e. The number of pyridine rings is 1. The SMILES string of the molecule is Cc1cc(N2CCC(CCCO)CC2)c2c(C)c(C)n(-c3c(Br)cc(C(C)C)cc3Br)c2n1. The van der Waals surface area contributed by atoms with Gasteiger partial charge < -0.3 is 10.0 Å². The molecule has 1 saturated heterocycles. The van der Waals surface area contributed by atoms with Crippen LogP contribution in [-0.2, 0) is 0 Å².